The largest absolute Gasteiger partial charge is 0.445 e. The Morgan fingerprint density at radius 1 is 1.13 bits per heavy atom. The lowest BCUT2D eigenvalue weighted by Crippen LogP contribution is -2.41. The second kappa shape index (κ2) is 8.56. The first-order valence-electron chi connectivity index (χ1n) is 7.98. The average Bonchev–Trinajstić information content (AvgIpc) is 2.51. The number of nitrogens with zero attached hydrogens (tertiary/aromatic N) is 1. The molecule has 0 aliphatic carbocycles. The first kappa shape index (κ1) is 19.0. The number of nitrogens with one attached hydrogen (secondary N) is 1. The zero-order chi connectivity index (χ0) is 17.5. The molecule has 0 fully saturated rings. The predicted octanol–water partition coefficient (Wildman–Crippen LogP) is 2.98. The fraction of sp³-hybridized carbons (Fsp3) is 0.556. The van der Waals surface area contributed by atoms with Crippen molar-refractivity contribution in [3.8, 4) is 0 Å². The molecule has 1 N–H and O–H groups in total. The lowest BCUT2D eigenvalue weighted by Gasteiger charge is -2.25. The van der Waals surface area contributed by atoms with Crippen LogP contribution in [0.3, 0.4) is 0 Å². The molecule has 0 aromatic heterocycles. The van der Waals surface area contributed by atoms with Gasteiger partial charge in [-0.2, -0.15) is 0 Å². The van der Waals surface area contributed by atoms with Crippen molar-refractivity contribution in [1.82, 2.24) is 10.2 Å². The number of rotatable bonds is 6. The van der Waals surface area contributed by atoms with Gasteiger partial charge in [0, 0.05) is 25.6 Å². The Kier molecular flexibility index (Phi) is 7.07. The number of carbonyl (C=O) groups excluding carboxylic acids is 2. The highest BCUT2D eigenvalue weighted by Gasteiger charge is 2.24. The fourth-order valence-corrected chi connectivity index (χ4v) is 2.07. The van der Waals surface area contributed by atoms with Crippen molar-refractivity contribution < 1.29 is 14.3 Å². The van der Waals surface area contributed by atoms with Crippen molar-refractivity contribution >= 4 is 12.0 Å². The number of ether oxygens (including phenoxy) is 1. The molecule has 0 aliphatic rings. The number of hydrogen-bond donors (Lipinski definition) is 1. The van der Waals surface area contributed by atoms with Crippen LogP contribution in [0.5, 0.6) is 0 Å². The summed E-state index contributed by atoms with van der Waals surface area (Å²) in [5.74, 6) is 0.0451. The summed E-state index contributed by atoms with van der Waals surface area (Å²) in [6.07, 6.45) is 0.517. The summed E-state index contributed by atoms with van der Waals surface area (Å²) in [5, 5.41) is 2.66. The summed E-state index contributed by atoms with van der Waals surface area (Å²) in [6.45, 7) is 8.78. The quantitative estimate of drug-likeness (QED) is 0.876. The van der Waals surface area contributed by atoms with Crippen LogP contribution < -0.4 is 5.32 Å². The van der Waals surface area contributed by atoms with E-state index in [1.54, 1.807) is 11.9 Å². The van der Waals surface area contributed by atoms with Gasteiger partial charge in [0.1, 0.15) is 6.61 Å². The first-order valence-corrected chi connectivity index (χ1v) is 7.98. The van der Waals surface area contributed by atoms with Gasteiger partial charge < -0.3 is 15.0 Å². The third-order valence-corrected chi connectivity index (χ3v) is 3.51. The molecule has 1 aromatic carbocycles. The molecule has 2 amide bonds. The van der Waals surface area contributed by atoms with Gasteiger partial charge in [0.2, 0.25) is 5.91 Å². The SMILES string of the molecule is CCc1ccc(COC(=O)NCCN(C)C(=O)C(C)(C)C)cc1. The molecule has 5 nitrogen and oxygen atoms in total. The molecule has 0 radical (unpaired) electrons. The minimum atomic E-state index is -0.471. The van der Waals surface area contributed by atoms with Crippen LogP contribution in [0.4, 0.5) is 4.79 Å². The Balaban J connectivity index is 2.27. The molecule has 0 aliphatic heterocycles. The highest BCUT2D eigenvalue weighted by Crippen LogP contribution is 2.15. The van der Waals surface area contributed by atoms with Crippen LogP contribution >= 0.6 is 0 Å². The van der Waals surface area contributed by atoms with Gasteiger partial charge in [0.25, 0.3) is 0 Å². The Bertz CT molecular complexity index is 518. The van der Waals surface area contributed by atoms with E-state index >= 15 is 0 Å². The van der Waals surface area contributed by atoms with E-state index in [9.17, 15) is 9.59 Å². The van der Waals surface area contributed by atoms with Gasteiger partial charge in [0.15, 0.2) is 0 Å². The summed E-state index contributed by atoms with van der Waals surface area (Å²) >= 11 is 0. The molecular weight excluding hydrogens is 292 g/mol. The van der Waals surface area contributed by atoms with Crippen LogP contribution in [0, 0.1) is 5.41 Å². The first-order chi connectivity index (χ1) is 10.7. The van der Waals surface area contributed by atoms with Crippen LogP contribution in [0.2, 0.25) is 0 Å². The van der Waals surface area contributed by atoms with Crippen molar-refractivity contribution in [2.45, 2.75) is 40.7 Å². The van der Waals surface area contributed by atoms with Crippen molar-refractivity contribution in [3.63, 3.8) is 0 Å². The Morgan fingerprint density at radius 3 is 2.22 bits per heavy atom. The molecule has 0 saturated heterocycles. The number of benzene rings is 1. The van der Waals surface area contributed by atoms with Crippen LogP contribution in [0.15, 0.2) is 24.3 Å². The second-order valence-electron chi connectivity index (χ2n) is 6.65. The van der Waals surface area contributed by atoms with E-state index in [0.717, 1.165) is 12.0 Å². The predicted molar refractivity (Wildman–Crippen MR) is 91.1 cm³/mol. The number of hydrogen-bond acceptors (Lipinski definition) is 3. The average molecular weight is 320 g/mol. The van der Waals surface area contributed by atoms with Crippen LogP contribution in [0.25, 0.3) is 0 Å². The Hall–Kier alpha value is -2.04. The van der Waals surface area contributed by atoms with E-state index in [1.807, 2.05) is 45.0 Å². The van der Waals surface area contributed by atoms with E-state index in [2.05, 4.69) is 12.2 Å². The summed E-state index contributed by atoms with van der Waals surface area (Å²) in [7, 11) is 1.73. The van der Waals surface area contributed by atoms with Gasteiger partial charge >= 0.3 is 6.09 Å². The van der Waals surface area contributed by atoms with Gasteiger partial charge in [-0.05, 0) is 17.5 Å². The number of aryl methyl sites for hydroxylation is 1. The molecule has 0 unspecified atom stereocenters. The standard InChI is InChI=1S/C18H28N2O3/c1-6-14-7-9-15(10-8-14)13-23-17(22)19-11-12-20(5)16(21)18(2,3)4/h7-10H,6,11-13H2,1-5H3,(H,19,22). The van der Waals surface area contributed by atoms with Crippen molar-refractivity contribution in [2.75, 3.05) is 20.1 Å². The van der Waals surface area contributed by atoms with Crippen LogP contribution in [-0.4, -0.2) is 37.0 Å². The van der Waals surface area contributed by atoms with Crippen LogP contribution in [-0.2, 0) is 22.6 Å². The zero-order valence-electron chi connectivity index (χ0n) is 14.8. The topological polar surface area (TPSA) is 58.6 Å². The molecule has 0 spiro atoms. The summed E-state index contributed by atoms with van der Waals surface area (Å²) in [4.78, 5) is 25.3. The molecule has 1 rings (SSSR count). The van der Waals surface area contributed by atoms with E-state index in [-0.39, 0.29) is 12.5 Å². The third kappa shape index (κ3) is 6.72. The zero-order valence-corrected chi connectivity index (χ0v) is 14.8. The molecule has 0 bridgehead atoms. The lowest BCUT2D eigenvalue weighted by atomic mass is 9.95. The van der Waals surface area contributed by atoms with E-state index < -0.39 is 11.5 Å². The molecule has 23 heavy (non-hydrogen) atoms. The number of alkyl carbamates (subject to hydrolysis) is 1. The molecule has 0 saturated carbocycles. The number of amides is 2. The molecule has 1 aromatic rings. The number of carbonyl (C=O) groups is 2. The van der Waals surface area contributed by atoms with E-state index in [0.29, 0.717) is 13.1 Å². The minimum absolute atomic E-state index is 0.0451. The maximum atomic E-state index is 12.0. The highest BCUT2D eigenvalue weighted by atomic mass is 16.5. The highest BCUT2D eigenvalue weighted by molar-refractivity contribution is 5.81. The van der Waals surface area contributed by atoms with Crippen molar-refractivity contribution in [1.29, 1.82) is 0 Å². The normalized spacial score (nSPS) is 11.0. The molecule has 128 valence electrons. The Morgan fingerprint density at radius 2 is 1.70 bits per heavy atom. The monoisotopic (exact) mass is 320 g/mol. The van der Waals surface area contributed by atoms with Crippen molar-refractivity contribution in [2.24, 2.45) is 5.41 Å². The molecule has 5 heteroatoms. The van der Waals surface area contributed by atoms with Gasteiger partial charge in [0.05, 0.1) is 0 Å². The second-order valence-corrected chi connectivity index (χ2v) is 6.65. The van der Waals surface area contributed by atoms with Crippen molar-refractivity contribution in [3.05, 3.63) is 35.4 Å². The number of likely N-dealkylation sites (N-methyl/N-ethyl adjacent to an activating group) is 1. The summed E-state index contributed by atoms with van der Waals surface area (Å²) in [6, 6.07) is 7.98. The van der Waals surface area contributed by atoms with Gasteiger partial charge in [-0.3, -0.25) is 4.79 Å². The summed E-state index contributed by atoms with van der Waals surface area (Å²) < 4.78 is 5.16. The third-order valence-electron chi connectivity index (χ3n) is 3.51. The van der Waals surface area contributed by atoms with Crippen LogP contribution in [0.1, 0.15) is 38.8 Å². The lowest BCUT2D eigenvalue weighted by molar-refractivity contribution is -0.138. The van der Waals surface area contributed by atoms with Gasteiger partial charge in [-0.15, -0.1) is 0 Å². The van der Waals surface area contributed by atoms with Gasteiger partial charge in [-0.1, -0.05) is 52.0 Å². The van der Waals surface area contributed by atoms with E-state index in [1.165, 1.54) is 5.56 Å². The minimum Gasteiger partial charge on any atom is -0.445 e. The fourth-order valence-electron chi connectivity index (χ4n) is 2.07. The molecule has 0 atom stereocenters. The maximum Gasteiger partial charge on any atom is 0.407 e. The van der Waals surface area contributed by atoms with E-state index in [4.69, 9.17) is 4.74 Å². The molecular formula is C18H28N2O3. The van der Waals surface area contributed by atoms with Gasteiger partial charge in [-0.25, -0.2) is 4.79 Å². The maximum absolute atomic E-state index is 12.0. The smallest absolute Gasteiger partial charge is 0.407 e. The molecule has 0 heterocycles. The summed E-state index contributed by atoms with van der Waals surface area (Å²) in [5.41, 5.74) is 1.79. The Labute approximate surface area is 139 Å².